The van der Waals surface area contributed by atoms with Crippen molar-refractivity contribution in [3.8, 4) is 34.7 Å². The van der Waals surface area contributed by atoms with Crippen LogP contribution >= 0.6 is 0 Å². The minimum absolute atomic E-state index is 0.0248. The third-order valence-electron chi connectivity index (χ3n) is 5.81. The van der Waals surface area contributed by atoms with Gasteiger partial charge in [-0.25, -0.2) is 4.79 Å². The number of nitrogens with one attached hydrogen (secondary N) is 1. The summed E-state index contributed by atoms with van der Waals surface area (Å²) >= 11 is 0. The zero-order chi connectivity index (χ0) is 25.2. The highest BCUT2D eigenvalue weighted by Gasteiger charge is 2.36. The van der Waals surface area contributed by atoms with Crippen LogP contribution in [0.15, 0.2) is 76.7 Å². The van der Waals surface area contributed by atoms with Crippen molar-refractivity contribution < 1.29 is 23.4 Å². The highest BCUT2D eigenvalue weighted by atomic mass is 16.6. The van der Waals surface area contributed by atoms with Crippen LogP contribution in [-0.4, -0.2) is 22.8 Å². The van der Waals surface area contributed by atoms with Crippen molar-refractivity contribution in [2.24, 2.45) is 5.73 Å². The zero-order valence-corrected chi connectivity index (χ0v) is 19.6. The van der Waals surface area contributed by atoms with Crippen LogP contribution in [0.3, 0.4) is 0 Å². The van der Waals surface area contributed by atoms with Crippen LogP contribution in [0.1, 0.15) is 40.1 Å². The number of hydrogen-bond acceptors (Lipinski definition) is 8. The highest BCUT2D eigenvalue weighted by Crippen LogP contribution is 2.47. The van der Waals surface area contributed by atoms with E-state index in [0.717, 1.165) is 11.1 Å². The lowest BCUT2D eigenvalue weighted by molar-refractivity contribution is 0.0695. The Morgan fingerprint density at radius 3 is 2.69 bits per heavy atom. The summed E-state index contributed by atoms with van der Waals surface area (Å²) in [5.41, 5.74) is 10.4. The maximum absolute atomic E-state index is 12.4. The van der Waals surface area contributed by atoms with Crippen molar-refractivity contribution in [1.82, 2.24) is 10.2 Å². The Hall–Kier alpha value is -4.97. The summed E-state index contributed by atoms with van der Waals surface area (Å²) in [6.07, 6.45) is 1.39. The second-order valence-electron chi connectivity index (χ2n) is 8.11. The van der Waals surface area contributed by atoms with Gasteiger partial charge in [0.1, 0.15) is 11.6 Å². The molecule has 36 heavy (non-hydrogen) atoms. The second-order valence-corrected chi connectivity index (χ2v) is 8.11. The number of aryl methyl sites for hydroxylation is 1. The smallest absolute Gasteiger partial charge is 0.379 e. The SMILES string of the molecule is CCOc1cc(C2C(C#N)=C(N)Oc3n[nH]c(-c4ccc(C)cc4)c32)ccc1OC(=O)c1ccco1. The lowest BCUT2D eigenvalue weighted by atomic mass is 9.83. The molecule has 2 aromatic heterocycles. The molecule has 1 atom stereocenters. The molecule has 0 saturated heterocycles. The molecule has 0 amide bonds. The van der Waals surface area contributed by atoms with Crippen LogP contribution in [0.5, 0.6) is 17.4 Å². The van der Waals surface area contributed by atoms with Gasteiger partial charge in [0.2, 0.25) is 17.5 Å². The van der Waals surface area contributed by atoms with E-state index in [4.69, 9.17) is 24.4 Å². The van der Waals surface area contributed by atoms with Gasteiger partial charge in [-0.2, -0.15) is 5.26 Å². The first kappa shape index (κ1) is 22.8. The van der Waals surface area contributed by atoms with Crippen LogP contribution in [0.4, 0.5) is 0 Å². The summed E-state index contributed by atoms with van der Waals surface area (Å²) in [6.45, 7) is 4.16. The molecule has 0 bridgehead atoms. The number of aromatic amines is 1. The molecular formula is C27H22N4O5. The summed E-state index contributed by atoms with van der Waals surface area (Å²) < 4.78 is 22.1. The Morgan fingerprint density at radius 2 is 2.00 bits per heavy atom. The molecule has 1 aliphatic heterocycles. The van der Waals surface area contributed by atoms with Gasteiger partial charge in [0.05, 0.1) is 30.0 Å². The van der Waals surface area contributed by atoms with Gasteiger partial charge in [-0.3, -0.25) is 5.10 Å². The first-order valence-corrected chi connectivity index (χ1v) is 11.3. The van der Waals surface area contributed by atoms with Gasteiger partial charge in [-0.1, -0.05) is 35.9 Å². The van der Waals surface area contributed by atoms with Crippen molar-refractivity contribution in [1.29, 1.82) is 5.26 Å². The van der Waals surface area contributed by atoms with E-state index in [2.05, 4.69) is 16.3 Å². The molecule has 9 nitrogen and oxygen atoms in total. The number of aromatic nitrogens is 2. The van der Waals surface area contributed by atoms with E-state index in [1.165, 1.54) is 12.3 Å². The predicted molar refractivity (Wildman–Crippen MR) is 129 cm³/mol. The minimum atomic E-state index is -0.652. The molecule has 0 aliphatic carbocycles. The standard InChI is InChI=1S/C27H22N4O5/c1-3-33-21-13-17(10-11-19(21)35-27(32)20-5-4-12-34-20)22-18(14-28)25(29)36-26-23(22)24(30-31-26)16-8-6-15(2)7-9-16/h4-13,22H,3,29H2,1-2H3,(H,30,31). The van der Waals surface area contributed by atoms with E-state index in [1.54, 1.807) is 24.3 Å². The monoisotopic (exact) mass is 482 g/mol. The topological polar surface area (TPSA) is 136 Å². The summed E-state index contributed by atoms with van der Waals surface area (Å²) in [5.74, 6) is -0.362. The van der Waals surface area contributed by atoms with E-state index in [-0.39, 0.29) is 23.0 Å². The van der Waals surface area contributed by atoms with Crippen molar-refractivity contribution >= 4 is 5.97 Å². The zero-order valence-electron chi connectivity index (χ0n) is 19.6. The number of nitrogens with zero attached hydrogens (tertiary/aromatic N) is 2. The van der Waals surface area contributed by atoms with Gasteiger partial charge >= 0.3 is 5.97 Å². The molecule has 0 saturated carbocycles. The van der Waals surface area contributed by atoms with Gasteiger partial charge in [0, 0.05) is 5.56 Å². The molecule has 3 heterocycles. The molecule has 180 valence electrons. The molecule has 2 aromatic carbocycles. The third kappa shape index (κ3) is 4.05. The van der Waals surface area contributed by atoms with Crippen molar-refractivity contribution in [3.05, 3.63) is 94.8 Å². The fourth-order valence-corrected chi connectivity index (χ4v) is 4.12. The molecule has 4 aromatic rings. The van der Waals surface area contributed by atoms with Gasteiger partial charge in [-0.15, -0.1) is 5.10 Å². The Kier molecular flexibility index (Phi) is 5.92. The van der Waals surface area contributed by atoms with E-state index in [0.29, 0.717) is 35.1 Å². The number of carbonyl (C=O) groups is 1. The fourth-order valence-electron chi connectivity index (χ4n) is 4.12. The lowest BCUT2D eigenvalue weighted by Gasteiger charge is -2.25. The van der Waals surface area contributed by atoms with E-state index < -0.39 is 11.9 Å². The molecule has 0 radical (unpaired) electrons. The van der Waals surface area contributed by atoms with Crippen LogP contribution in [0.25, 0.3) is 11.3 Å². The minimum Gasteiger partial charge on any atom is -0.490 e. The van der Waals surface area contributed by atoms with Crippen LogP contribution < -0.4 is 19.9 Å². The molecule has 1 unspecified atom stereocenters. The van der Waals surface area contributed by atoms with Crippen molar-refractivity contribution in [3.63, 3.8) is 0 Å². The molecule has 5 rings (SSSR count). The molecular weight excluding hydrogens is 460 g/mol. The Labute approximate surface area is 206 Å². The Bertz CT molecular complexity index is 1490. The number of fused-ring (bicyclic) bond motifs is 1. The summed E-state index contributed by atoms with van der Waals surface area (Å²) in [7, 11) is 0. The van der Waals surface area contributed by atoms with Crippen LogP contribution in [0.2, 0.25) is 0 Å². The number of allylic oxidation sites excluding steroid dienone is 1. The quantitative estimate of drug-likeness (QED) is 0.295. The van der Waals surface area contributed by atoms with Crippen LogP contribution in [0, 0.1) is 18.3 Å². The largest absolute Gasteiger partial charge is 0.490 e. The molecule has 3 N–H and O–H groups in total. The summed E-state index contributed by atoms with van der Waals surface area (Å²) in [5, 5.41) is 17.3. The first-order chi connectivity index (χ1) is 17.5. The second kappa shape index (κ2) is 9.35. The van der Waals surface area contributed by atoms with Gasteiger partial charge in [-0.05, 0) is 43.7 Å². The maximum atomic E-state index is 12.4. The number of ether oxygens (including phenoxy) is 3. The molecule has 0 fully saturated rings. The Balaban J connectivity index is 1.60. The first-order valence-electron chi connectivity index (χ1n) is 11.3. The average molecular weight is 482 g/mol. The number of benzene rings is 2. The summed E-state index contributed by atoms with van der Waals surface area (Å²) in [4.78, 5) is 12.4. The highest BCUT2D eigenvalue weighted by molar-refractivity contribution is 5.88. The molecule has 1 aliphatic rings. The van der Waals surface area contributed by atoms with E-state index >= 15 is 0 Å². The average Bonchev–Trinajstić information content (AvgIpc) is 3.55. The number of H-pyrrole nitrogens is 1. The third-order valence-corrected chi connectivity index (χ3v) is 5.81. The number of nitrogens with two attached hydrogens (primary N) is 1. The number of furan rings is 1. The summed E-state index contributed by atoms with van der Waals surface area (Å²) in [6, 6.07) is 18.3. The predicted octanol–water partition coefficient (Wildman–Crippen LogP) is 4.81. The van der Waals surface area contributed by atoms with Crippen molar-refractivity contribution in [2.45, 2.75) is 19.8 Å². The number of nitriles is 1. The van der Waals surface area contributed by atoms with E-state index in [9.17, 15) is 10.1 Å². The normalized spacial score (nSPS) is 14.5. The number of carbonyl (C=O) groups excluding carboxylic acids is 1. The number of rotatable bonds is 6. The fraction of sp³-hybridized carbons (Fsp3) is 0.148. The van der Waals surface area contributed by atoms with E-state index in [1.807, 2.05) is 38.1 Å². The van der Waals surface area contributed by atoms with Crippen LogP contribution in [-0.2, 0) is 0 Å². The molecule has 0 spiro atoms. The lowest BCUT2D eigenvalue weighted by Crippen LogP contribution is -2.21. The molecule has 9 heteroatoms. The Morgan fingerprint density at radius 1 is 1.19 bits per heavy atom. The number of esters is 1. The van der Waals surface area contributed by atoms with Gasteiger partial charge < -0.3 is 24.4 Å². The van der Waals surface area contributed by atoms with Crippen molar-refractivity contribution in [2.75, 3.05) is 6.61 Å². The number of hydrogen-bond donors (Lipinski definition) is 2. The van der Waals surface area contributed by atoms with Gasteiger partial charge in [0.15, 0.2) is 11.5 Å². The van der Waals surface area contributed by atoms with Gasteiger partial charge in [0.25, 0.3) is 0 Å². The maximum Gasteiger partial charge on any atom is 0.379 e.